The first kappa shape index (κ1) is 14.4. The SMILES string of the molecule is OCCCN(Cc1cccc(F)c1)CC1CCCO1. The van der Waals surface area contributed by atoms with Crippen molar-refractivity contribution < 1.29 is 14.2 Å². The third-order valence-electron chi connectivity index (χ3n) is 3.41. The third-order valence-corrected chi connectivity index (χ3v) is 3.41. The van der Waals surface area contributed by atoms with Crippen LogP contribution in [0.2, 0.25) is 0 Å². The Balaban J connectivity index is 1.92. The lowest BCUT2D eigenvalue weighted by molar-refractivity contribution is 0.0681. The molecule has 4 heteroatoms. The fraction of sp³-hybridized carbons (Fsp3) is 0.600. The molecule has 1 fully saturated rings. The average Bonchev–Trinajstić information content (AvgIpc) is 2.89. The summed E-state index contributed by atoms with van der Waals surface area (Å²) in [5.74, 6) is -0.197. The topological polar surface area (TPSA) is 32.7 Å². The number of nitrogens with zero attached hydrogens (tertiary/aromatic N) is 1. The van der Waals surface area contributed by atoms with Crippen LogP contribution in [-0.2, 0) is 11.3 Å². The molecule has 0 saturated carbocycles. The molecule has 1 atom stereocenters. The van der Waals surface area contributed by atoms with E-state index in [4.69, 9.17) is 9.84 Å². The van der Waals surface area contributed by atoms with Crippen molar-refractivity contribution in [2.45, 2.75) is 31.9 Å². The highest BCUT2D eigenvalue weighted by molar-refractivity contribution is 5.16. The van der Waals surface area contributed by atoms with Crippen molar-refractivity contribution in [1.29, 1.82) is 0 Å². The molecule has 19 heavy (non-hydrogen) atoms. The summed E-state index contributed by atoms with van der Waals surface area (Å²) in [5, 5.41) is 8.97. The summed E-state index contributed by atoms with van der Waals surface area (Å²) in [6.45, 7) is 3.41. The van der Waals surface area contributed by atoms with Crippen LogP contribution in [0.3, 0.4) is 0 Å². The normalized spacial score (nSPS) is 19.2. The van der Waals surface area contributed by atoms with Gasteiger partial charge >= 0.3 is 0 Å². The van der Waals surface area contributed by atoms with Crippen LogP contribution < -0.4 is 0 Å². The van der Waals surface area contributed by atoms with Crippen LogP contribution in [-0.4, -0.2) is 42.4 Å². The van der Waals surface area contributed by atoms with Crippen LogP contribution in [0, 0.1) is 5.82 Å². The predicted octanol–water partition coefficient (Wildman–Crippen LogP) is 2.19. The zero-order valence-electron chi connectivity index (χ0n) is 11.2. The Morgan fingerprint density at radius 1 is 1.42 bits per heavy atom. The second kappa shape index (κ2) is 7.58. The van der Waals surface area contributed by atoms with E-state index in [9.17, 15) is 4.39 Å². The standard InChI is InChI=1S/C15H22FNO2/c16-14-5-1-4-13(10-14)11-17(7-3-8-18)12-15-6-2-9-19-15/h1,4-5,10,15,18H,2-3,6-9,11-12H2. The molecule has 0 bridgehead atoms. The highest BCUT2D eigenvalue weighted by Gasteiger charge is 2.19. The number of aliphatic hydroxyl groups excluding tert-OH is 1. The largest absolute Gasteiger partial charge is 0.396 e. The van der Waals surface area contributed by atoms with Crippen molar-refractivity contribution >= 4 is 0 Å². The number of hydrogen-bond donors (Lipinski definition) is 1. The molecule has 1 unspecified atom stereocenters. The minimum absolute atomic E-state index is 0.186. The van der Waals surface area contributed by atoms with E-state index in [0.717, 1.165) is 44.5 Å². The Bertz CT molecular complexity index is 380. The molecule has 0 amide bonds. The van der Waals surface area contributed by atoms with E-state index in [1.807, 2.05) is 6.07 Å². The van der Waals surface area contributed by atoms with Crippen molar-refractivity contribution in [3.63, 3.8) is 0 Å². The Hall–Kier alpha value is -0.970. The summed E-state index contributed by atoms with van der Waals surface area (Å²) in [6, 6.07) is 6.70. The monoisotopic (exact) mass is 267 g/mol. The molecule has 0 spiro atoms. The third kappa shape index (κ3) is 4.90. The van der Waals surface area contributed by atoms with Crippen LogP contribution in [0.5, 0.6) is 0 Å². The highest BCUT2D eigenvalue weighted by Crippen LogP contribution is 2.15. The van der Waals surface area contributed by atoms with Crippen LogP contribution in [0.15, 0.2) is 24.3 Å². The van der Waals surface area contributed by atoms with Gasteiger partial charge in [0.25, 0.3) is 0 Å². The zero-order chi connectivity index (χ0) is 13.5. The fourth-order valence-corrected chi connectivity index (χ4v) is 2.50. The van der Waals surface area contributed by atoms with Gasteiger partial charge in [-0.05, 0) is 37.0 Å². The van der Waals surface area contributed by atoms with Crippen LogP contribution >= 0.6 is 0 Å². The van der Waals surface area contributed by atoms with Gasteiger partial charge in [0.1, 0.15) is 5.82 Å². The molecular weight excluding hydrogens is 245 g/mol. The quantitative estimate of drug-likeness (QED) is 0.822. The first-order chi connectivity index (χ1) is 9.28. The van der Waals surface area contributed by atoms with Crippen LogP contribution in [0.25, 0.3) is 0 Å². The number of halogens is 1. The molecular formula is C15H22FNO2. The number of ether oxygens (including phenoxy) is 1. The number of rotatable bonds is 7. The molecule has 1 aliphatic heterocycles. The van der Waals surface area contributed by atoms with E-state index in [0.29, 0.717) is 6.54 Å². The van der Waals surface area contributed by atoms with Crippen molar-refractivity contribution in [3.05, 3.63) is 35.6 Å². The molecule has 3 nitrogen and oxygen atoms in total. The van der Waals surface area contributed by atoms with Crippen molar-refractivity contribution in [2.24, 2.45) is 0 Å². The number of benzene rings is 1. The molecule has 1 aromatic carbocycles. The summed E-state index contributed by atoms with van der Waals surface area (Å²) in [4.78, 5) is 2.24. The van der Waals surface area contributed by atoms with E-state index in [1.165, 1.54) is 6.07 Å². The first-order valence-electron chi connectivity index (χ1n) is 6.97. The van der Waals surface area contributed by atoms with Gasteiger partial charge in [0, 0.05) is 32.8 Å². The van der Waals surface area contributed by atoms with Gasteiger partial charge in [-0.3, -0.25) is 4.90 Å². The number of aliphatic hydroxyl groups is 1. The van der Waals surface area contributed by atoms with Crippen LogP contribution in [0.4, 0.5) is 4.39 Å². The van der Waals surface area contributed by atoms with Gasteiger partial charge in [-0.25, -0.2) is 4.39 Å². The lowest BCUT2D eigenvalue weighted by atomic mass is 10.1. The Labute approximate surface area is 114 Å². The molecule has 1 aromatic rings. The van der Waals surface area contributed by atoms with Gasteiger partial charge in [0.05, 0.1) is 6.10 Å². The van der Waals surface area contributed by atoms with Crippen molar-refractivity contribution in [2.75, 3.05) is 26.3 Å². The molecule has 1 heterocycles. The van der Waals surface area contributed by atoms with E-state index >= 15 is 0 Å². The Kier molecular flexibility index (Phi) is 5.76. The second-order valence-electron chi connectivity index (χ2n) is 5.08. The molecule has 0 aromatic heterocycles. The van der Waals surface area contributed by atoms with Gasteiger partial charge in [0.2, 0.25) is 0 Å². The predicted molar refractivity (Wildman–Crippen MR) is 72.4 cm³/mol. The highest BCUT2D eigenvalue weighted by atomic mass is 19.1. The van der Waals surface area contributed by atoms with Crippen molar-refractivity contribution in [3.8, 4) is 0 Å². The van der Waals surface area contributed by atoms with Gasteiger partial charge in [0.15, 0.2) is 0 Å². The van der Waals surface area contributed by atoms with E-state index in [1.54, 1.807) is 12.1 Å². The molecule has 1 N–H and O–H groups in total. The first-order valence-corrected chi connectivity index (χ1v) is 6.97. The average molecular weight is 267 g/mol. The summed E-state index contributed by atoms with van der Waals surface area (Å²) >= 11 is 0. The van der Waals surface area contributed by atoms with Crippen LogP contribution in [0.1, 0.15) is 24.8 Å². The summed E-state index contributed by atoms with van der Waals surface area (Å²) in [7, 11) is 0. The molecule has 1 saturated heterocycles. The lowest BCUT2D eigenvalue weighted by Crippen LogP contribution is -2.33. The van der Waals surface area contributed by atoms with Crippen molar-refractivity contribution in [1.82, 2.24) is 4.90 Å². The summed E-state index contributed by atoms with van der Waals surface area (Å²) in [5.41, 5.74) is 0.968. The molecule has 106 valence electrons. The molecule has 1 aliphatic rings. The molecule has 0 radical (unpaired) electrons. The molecule has 0 aliphatic carbocycles. The van der Waals surface area contributed by atoms with Gasteiger partial charge in [-0.1, -0.05) is 12.1 Å². The second-order valence-corrected chi connectivity index (χ2v) is 5.08. The van der Waals surface area contributed by atoms with E-state index in [-0.39, 0.29) is 18.5 Å². The van der Waals surface area contributed by atoms with Gasteiger partial charge < -0.3 is 9.84 Å². The Morgan fingerprint density at radius 3 is 3.00 bits per heavy atom. The van der Waals surface area contributed by atoms with Gasteiger partial charge in [-0.2, -0.15) is 0 Å². The minimum Gasteiger partial charge on any atom is -0.396 e. The maximum atomic E-state index is 13.2. The lowest BCUT2D eigenvalue weighted by Gasteiger charge is -2.25. The maximum Gasteiger partial charge on any atom is 0.123 e. The fourth-order valence-electron chi connectivity index (χ4n) is 2.50. The number of hydrogen-bond acceptors (Lipinski definition) is 3. The maximum absolute atomic E-state index is 13.2. The van der Waals surface area contributed by atoms with E-state index < -0.39 is 0 Å². The zero-order valence-corrected chi connectivity index (χ0v) is 11.2. The molecule has 2 rings (SSSR count). The smallest absolute Gasteiger partial charge is 0.123 e. The minimum atomic E-state index is -0.197. The Morgan fingerprint density at radius 2 is 2.32 bits per heavy atom. The summed E-state index contributed by atoms with van der Waals surface area (Å²) in [6.07, 6.45) is 3.24. The summed E-state index contributed by atoms with van der Waals surface area (Å²) < 4.78 is 18.8. The van der Waals surface area contributed by atoms with E-state index in [2.05, 4.69) is 4.90 Å². The van der Waals surface area contributed by atoms with Gasteiger partial charge in [-0.15, -0.1) is 0 Å².